The molecule has 1 aliphatic rings. The van der Waals surface area contributed by atoms with Crippen LogP contribution in [0.25, 0.3) is 0 Å². The van der Waals surface area contributed by atoms with Crippen molar-refractivity contribution in [3.05, 3.63) is 0 Å². The average molecular weight is 281 g/mol. The van der Waals surface area contributed by atoms with E-state index in [1.54, 1.807) is 0 Å². The molecule has 0 spiro atoms. The molecule has 1 unspecified atom stereocenters. The van der Waals surface area contributed by atoms with Crippen LogP contribution in [0, 0.1) is 11.8 Å². The van der Waals surface area contributed by atoms with Crippen LogP contribution in [0.15, 0.2) is 0 Å². The summed E-state index contributed by atoms with van der Waals surface area (Å²) in [6, 6.07) is 0. The Morgan fingerprint density at radius 2 is 1.30 bits per heavy atom. The summed E-state index contributed by atoms with van der Waals surface area (Å²) in [7, 11) is 0. The summed E-state index contributed by atoms with van der Waals surface area (Å²) in [5, 5.41) is 0. The Morgan fingerprint density at radius 3 is 1.90 bits per heavy atom. The van der Waals surface area contributed by atoms with Crippen LogP contribution < -0.4 is 0 Å². The lowest BCUT2D eigenvalue weighted by molar-refractivity contribution is 0.285. The zero-order chi connectivity index (χ0) is 14.5. The molecule has 0 aromatic carbocycles. The highest BCUT2D eigenvalue weighted by Crippen LogP contribution is 2.30. The minimum Gasteiger partial charge on any atom is -0.0654 e. The standard InChI is InChI=1S/C20H40/c1-3-4-5-6-7-8-9-10-12-15-19(2)18-20-16-13-11-14-17-20/h19-20H,3-18H2,1-2H3. The third-order valence-corrected chi connectivity index (χ3v) is 5.26. The van der Waals surface area contributed by atoms with Crippen molar-refractivity contribution < 1.29 is 0 Å². The second kappa shape index (κ2) is 12.7. The van der Waals surface area contributed by atoms with E-state index >= 15 is 0 Å². The fraction of sp³-hybridized carbons (Fsp3) is 1.00. The second-order valence-electron chi connectivity index (χ2n) is 7.46. The predicted octanol–water partition coefficient (Wildman–Crippen LogP) is 7.51. The predicted molar refractivity (Wildman–Crippen MR) is 92.2 cm³/mol. The zero-order valence-electron chi connectivity index (χ0n) is 14.5. The molecule has 1 atom stereocenters. The van der Waals surface area contributed by atoms with Crippen LogP contribution in [-0.2, 0) is 0 Å². The Morgan fingerprint density at radius 1 is 0.750 bits per heavy atom. The molecular formula is C20H40. The van der Waals surface area contributed by atoms with Gasteiger partial charge in [-0.05, 0) is 18.3 Å². The Labute approximate surface area is 129 Å². The number of rotatable bonds is 12. The van der Waals surface area contributed by atoms with Gasteiger partial charge in [-0.15, -0.1) is 0 Å². The maximum Gasteiger partial charge on any atom is -0.0412 e. The zero-order valence-corrected chi connectivity index (χ0v) is 14.5. The fourth-order valence-corrected chi connectivity index (χ4v) is 3.91. The van der Waals surface area contributed by atoms with Crippen molar-refractivity contribution in [3.8, 4) is 0 Å². The fourth-order valence-electron chi connectivity index (χ4n) is 3.91. The SMILES string of the molecule is CCCCCCCCCCCC(C)CC1CCCCC1. The number of hydrogen-bond acceptors (Lipinski definition) is 0. The van der Waals surface area contributed by atoms with E-state index in [1.807, 2.05) is 0 Å². The monoisotopic (exact) mass is 280 g/mol. The van der Waals surface area contributed by atoms with Crippen molar-refractivity contribution in [3.63, 3.8) is 0 Å². The van der Waals surface area contributed by atoms with E-state index in [0.29, 0.717) is 0 Å². The van der Waals surface area contributed by atoms with Gasteiger partial charge in [0.1, 0.15) is 0 Å². The van der Waals surface area contributed by atoms with Crippen LogP contribution in [0.3, 0.4) is 0 Å². The van der Waals surface area contributed by atoms with Gasteiger partial charge in [-0.25, -0.2) is 0 Å². The van der Waals surface area contributed by atoms with E-state index in [9.17, 15) is 0 Å². The third-order valence-electron chi connectivity index (χ3n) is 5.26. The van der Waals surface area contributed by atoms with Crippen LogP contribution >= 0.6 is 0 Å². The van der Waals surface area contributed by atoms with Gasteiger partial charge in [0.2, 0.25) is 0 Å². The van der Waals surface area contributed by atoms with Crippen LogP contribution in [0.2, 0.25) is 0 Å². The summed E-state index contributed by atoms with van der Waals surface area (Å²) in [6.45, 7) is 4.80. The molecule has 0 saturated heterocycles. The Balaban J connectivity index is 1.83. The summed E-state index contributed by atoms with van der Waals surface area (Å²) in [6.07, 6.45) is 23.8. The number of unbranched alkanes of at least 4 members (excludes halogenated alkanes) is 8. The van der Waals surface area contributed by atoms with E-state index in [1.165, 1.54) is 103 Å². The molecule has 1 saturated carbocycles. The topological polar surface area (TPSA) is 0 Å². The maximum atomic E-state index is 2.50. The van der Waals surface area contributed by atoms with Gasteiger partial charge in [0.25, 0.3) is 0 Å². The maximum absolute atomic E-state index is 2.50. The van der Waals surface area contributed by atoms with Gasteiger partial charge in [-0.3, -0.25) is 0 Å². The smallest absolute Gasteiger partial charge is 0.0412 e. The quantitative estimate of drug-likeness (QED) is 0.324. The minimum atomic E-state index is 0.989. The molecule has 0 bridgehead atoms. The minimum absolute atomic E-state index is 0.989. The molecule has 0 nitrogen and oxygen atoms in total. The summed E-state index contributed by atoms with van der Waals surface area (Å²) in [4.78, 5) is 0. The highest BCUT2D eigenvalue weighted by atomic mass is 14.2. The molecule has 0 aromatic heterocycles. The first-order valence-corrected chi connectivity index (χ1v) is 9.83. The molecule has 0 heteroatoms. The van der Waals surface area contributed by atoms with E-state index in [0.717, 1.165) is 11.8 Å². The van der Waals surface area contributed by atoms with Crippen molar-refractivity contribution in [2.45, 2.75) is 117 Å². The third kappa shape index (κ3) is 9.83. The average Bonchev–Trinajstić information content (AvgIpc) is 2.46. The molecule has 0 aromatic rings. The van der Waals surface area contributed by atoms with Crippen molar-refractivity contribution >= 4 is 0 Å². The molecule has 0 amide bonds. The summed E-state index contributed by atoms with van der Waals surface area (Å²) >= 11 is 0. The molecule has 0 aliphatic heterocycles. The summed E-state index contributed by atoms with van der Waals surface area (Å²) < 4.78 is 0. The Bertz CT molecular complexity index is 190. The van der Waals surface area contributed by atoms with Gasteiger partial charge in [0, 0.05) is 0 Å². The van der Waals surface area contributed by atoms with E-state index < -0.39 is 0 Å². The molecule has 1 rings (SSSR count). The lowest BCUT2D eigenvalue weighted by Gasteiger charge is -2.24. The largest absolute Gasteiger partial charge is 0.0654 e. The van der Waals surface area contributed by atoms with Crippen molar-refractivity contribution in [2.75, 3.05) is 0 Å². The van der Waals surface area contributed by atoms with E-state index in [4.69, 9.17) is 0 Å². The highest BCUT2D eigenvalue weighted by Gasteiger charge is 2.15. The van der Waals surface area contributed by atoms with E-state index in [-0.39, 0.29) is 0 Å². The lowest BCUT2D eigenvalue weighted by atomic mass is 9.82. The number of hydrogen-bond donors (Lipinski definition) is 0. The van der Waals surface area contributed by atoms with Gasteiger partial charge >= 0.3 is 0 Å². The van der Waals surface area contributed by atoms with Gasteiger partial charge in [-0.2, -0.15) is 0 Å². The van der Waals surface area contributed by atoms with E-state index in [2.05, 4.69) is 13.8 Å². The molecule has 20 heavy (non-hydrogen) atoms. The molecular weight excluding hydrogens is 240 g/mol. The second-order valence-corrected chi connectivity index (χ2v) is 7.46. The summed E-state index contributed by atoms with van der Waals surface area (Å²) in [5.41, 5.74) is 0. The first-order valence-electron chi connectivity index (χ1n) is 9.83. The van der Waals surface area contributed by atoms with Crippen LogP contribution in [-0.4, -0.2) is 0 Å². The summed E-state index contributed by atoms with van der Waals surface area (Å²) in [5.74, 6) is 2.07. The van der Waals surface area contributed by atoms with Crippen molar-refractivity contribution in [2.24, 2.45) is 11.8 Å². The van der Waals surface area contributed by atoms with Crippen LogP contribution in [0.5, 0.6) is 0 Å². The van der Waals surface area contributed by atoms with Gasteiger partial charge in [-0.1, -0.05) is 110 Å². The Hall–Kier alpha value is 0. The van der Waals surface area contributed by atoms with Crippen molar-refractivity contribution in [1.82, 2.24) is 0 Å². The van der Waals surface area contributed by atoms with Crippen LogP contribution in [0.4, 0.5) is 0 Å². The molecule has 0 N–H and O–H groups in total. The highest BCUT2D eigenvalue weighted by molar-refractivity contribution is 4.68. The van der Waals surface area contributed by atoms with Gasteiger partial charge in [0.15, 0.2) is 0 Å². The molecule has 120 valence electrons. The normalized spacial score (nSPS) is 18.3. The molecule has 1 aliphatic carbocycles. The first kappa shape index (κ1) is 18.1. The van der Waals surface area contributed by atoms with Gasteiger partial charge in [0.05, 0.1) is 0 Å². The van der Waals surface area contributed by atoms with Crippen molar-refractivity contribution in [1.29, 1.82) is 0 Å². The molecule has 0 radical (unpaired) electrons. The van der Waals surface area contributed by atoms with Gasteiger partial charge < -0.3 is 0 Å². The Kier molecular flexibility index (Phi) is 11.5. The first-order chi connectivity index (χ1) is 9.83. The lowest BCUT2D eigenvalue weighted by Crippen LogP contribution is -2.10. The molecule has 0 heterocycles. The van der Waals surface area contributed by atoms with Crippen LogP contribution in [0.1, 0.15) is 117 Å². The molecule has 1 fully saturated rings.